The Morgan fingerprint density at radius 3 is 2.83 bits per heavy atom. The van der Waals surface area contributed by atoms with E-state index >= 15 is 0 Å². The first-order valence-electron chi connectivity index (χ1n) is 9.26. The molecule has 4 aromatic rings. The standard InChI is InChI=1S/C21H20N6O3/c1-29-17-9-6-15(7-10-17)14-30-25-21(28)11-8-16-12-27(26-24-16)13-20-22-18-4-2-3-5-19(18)23-20/h2-12H,13-14H2,1H3,(H,22,23)(H,25,28)/b11-8+. The number of carbonyl (C=O) groups excluding carboxylic acids is 1. The maximum atomic E-state index is 11.9. The van der Waals surface area contributed by atoms with Crippen LogP contribution < -0.4 is 10.2 Å². The van der Waals surface area contributed by atoms with Crippen LogP contribution >= 0.6 is 0 Å². The number of hydroxylamine groups is 1. The van der Waals surface area contributed by atoms with Gasteiger partial charge >= 0.3 is 0 Å². The molecule has 0 aliphatic carbocycles. The van der Waals surface area contributed by atoms with Gasteiger partial charge in [-0.25, -0.2) is 15.1 Å². The lowest BCUT2D eigenvalue weighted by molar-refractivity contribution is -0.129. The first-order valence-corrected chi connectivity index (χ1v) is 9.26. The van der Waals surface area contributed by atoms with Crippen LogP contribution in [0.3, 0.4) is 0 Å². The van der Waals surface area contributed by atoms with Crippen molar-refractivity contribution in [2.24, 2.45) is 0 Å². The molecule has 0 spiro atoms. The van der Waals surface area contributed by atoms with Crippen LogP contribution in [0.5, 0.6) is 5.75 Å². The van der Waals surface area contributed by atoms with Gasteiger partial charge in [0.15, 0.2) is 0 Å². The SMILES string of the molecule is COc1ccc(CONC(=O)/C=C/c2cn(Cc3nc4ccccc4[nH]3)nn2)cc1. The molecule has 1 amide bonds. The van der Waals surface area contributed by atoms with E-state index < -0.39 is 5.91 Å². The summed E-state index contributed by atoms with van der Waals surface area (Å²) in [5.74, 6) is 1.15. The van der Waals surface area contributed by atoms with Gasteiger partial charge in [0, 0.05) is 6.08 Å². The zero-order valence-electron chi connectivity index (χ0n) is 16.3. The third kappa shape index (κ3) is 4.89. The number of hydrogen-bond acceptors (Lipinski definition) is 6. The summed E-state index contributed by atoms with van der Waals surface area (Å²) in [6.07, 6.45) is 4.63. The molecule has 0 bridgehead atoms. The fourth-order valence-electron chi connectivity index (χ4n) is 2.81. The van der Waals surface area contributed by atoms with E-state index in [0.29, 0.717) is 12.2 Å². The fraction of sp³-hybridized carbons (Fsp3) is 0.143. The number of rotatable bonds is 8. The summed E-state index contributed by atoms with van der Waals surface area (Å²) in [6, 6.07) is 15.2. The van der Waals surface area contributed by atoms with Crippen LogP contribution in [0.25, 0.3) is 17.1 Å². The number of aromatic amines is 1. The topological polar surface area (TPSA) is 107 Å². The summed E-state index contributed by atoms with van der Waals surface area (Å²) in [4.78, 5) is 24.9. The highest BCUT2D eigenvalue weighted by Gasteiger charge is 2.05. The van der Waals surface area contributed by atoms with Gasteiger partial charge in [0.2, 0.25) is 0 Å². The molecule has 4 rings (SSSR count). The molecule has 30 heavy (non-hydrogen) atoms. The molecule has 2 N–H and O–H groups in total. The molecule has 0 radical (unpaired) electrons. The molecule has 0 saturated carbocycles. The van der Waals surface area contributed by atoms with Crippen molar-refractivity contribution < 1.29 is 14.4 Å². The maximum absolute atomic E-state index is 11.9. The number of para-hydroxylation sites is 2. The van der Waals surface area contributed by atoms with Gasteiger partial charge in [-0.15, -0.1) is 5.10 Å². The number of nitrogens with one attached hydrogen (secondary N) is 2. The second kappa shape index (κ2) is 9.01. The average molecular weight is 404 g/mol. The van der Waals surface area contributed by atoms with E-state index in [1.807, 2.05) is 48.5 Å². The highest BCUT2D eigenvalue weighted by Crippen LogP contribution is 2.12. The van der Waals surface area contributed by atoms with Crippen molar-refractivity contribution in [1.29, 1.82) is 0 Å². The minimum absolute atomic E-state index is 0.247. The molecule has 0 saturated heterocycles. The summed E-state index contributed by atoms with van der Waals surface area (Å²) in [6.45, 7) is 0.698. The van der Waals surface area contributed by atoms with Gasteiger partial charge in [-0.3, -0.25) is 9.63 Å². The largest absolute Gasteiger partial charge is 0.497 e. The van der Waals surface area contributed by atoms with E-state index in [1.54, 1.807) is 24.1 Å². The molecule has 2 aromatic carbocycles. The van der Waals surface area contributed by atoms with Gasteiger partial charge in [-0.2, -0.15) is 0 Å². The molecule has 2 heterocycles. The van der Waals surface area contributed by atoms with Crippen LogP contribution in [-0.4, -0.2) is 38.0 Å². The van der Waals surface area contributed by atoms with E-state index in [4.69, 9.17) is 9.57 Å². The number of amides is 1. The van der Waals surface area contributed by atoms with Gasteiger partial charge in [0.1, 0.15) is 23.8 Å². The van der Waals surface area contributed by atoms with Crippen LogP contribution in [-0.2, 0) is 22.8 Å². The smallest absolute Gasteiger partial charge is 0.267 e. The predicted octanol–water partition coefficient (Wildman–Crippen LogP) is 2.47. The molecule has 0 fully saturated rings. The van der Waals surface area contributed by atoms with Crippen LogP contribution in [0.2, 0.25) is 0 Å². The van der Waals surface area contributed by atoms with Gasteiger partial charge < -0.3 is 9.72 Å². The highest BCUT2D eigenvalue weighted by atomic mass is 16.6. The summed E-state index contributed by atoms with van der Waals surface area (Å²) < 4.78 is 6.75. The molecule has 9 nitrogen and oxygen atoms in total. The third-order valence-corrected chi connectivity index (χ3v) is 4.28. The Hall–Kier alpha value is -3.98. The molecular formula is C21H20N6O3. The van der Waals surface area contributed by atoms with E-state index in [1.165, 1.54) is 6.08 Å². The Morgan fingerprint density at radius 2 is 2.03 bits per heavy atom. The first-order chi connectivity index (χ1) is 14.7. The summed E-state index contributed by atoms with van der Waals surface area (Å²) in [5.41, 5.74) is 5.70. The number of ether oxygens (including phenoxy) is 1. The van der Waals surface area contributed by atoms with Crippen molar-refractivity contribution in [3.8, 4) is 5.75 Å². The van der Waals surface area contributed by atoms with Gasteiger partial charge in [-0.1, -0.05) is 29.5 Å². The molecule has 2 aromatic heterocycles. The number of methoxy groups -OCH3 is 1. The number of aromatic nitrogens is 5. The molecule has 0 aliphatic rings. The predicted molar refractivity (Wildman–Crippen MR) is 110 cm³/mol. The van der Waals surface area contributed by atoms with E-state index in [2.05, 4.69) is 25.8 Å². The van der Waals surface area contributed by atoms with Gasteiger partial charge in [0.05, 0.1) is 30.9 Å². The van der Waals surface area contributed by atoms with Crippen LogP contribution in [0.15, 0.2) is 60.8 Å². The average Bonchev–Trinajstić information content (AvgIpc) is 3.39. The van der Waals surface area contributed by atoms with E-state index in [9.17, 15) is 4.79 Å². The van der Waals surface area contributed by atoms with Crippen molar-refractivity contribution >= 4 is 23.0 Å². The second-order valence-corrected chi connectivity index (χ2v) is 6.48. The number of carbonyl (C=O) groups is 1. The van der Waals surface area contributed by atoms with Crippen molar-refractivity contribution in [2.45, 2.75) is 13.2 Å². The van der Waals surface area contributed by atoms with Crippen LogP contribution in [0.1, 0.15) is 17.1 Å². The third-order valence-electron chi connectivity index (χ3n) is 4.28. The lowest BCUT2D eigenvalue weighted by atomic mass is 10.2. The fourth-order valence-corrected chi connectivity index (χ4v) is 2.81. The summed E-state index contributed by atoms with van der Waals surface area (Å²) in [7, 11) is 1.61. The molecule has 0 unspecified atom stereocenters. The number of nitrogens with zero attached hydrogens (tertiary/aromatic N) is 4. The number of hydrogen-bond donors (Lipinski definition) is 2. The van der Waals surface area contributed by atoms with E-state index in [-0.39, 0.29) is 6.61 Å². The van der Waals surface area contributed by atoms with Crippen molar-refractivity contribution in [3.63, 3.8) is 0 Å². The van der Waals surface area contributed by atoms with Crippen molar-refractivity contribution in [1.82, 2.24) is 30.4 Å². The number of H-pyrrole nitrogens is 1. The number of imidazole rings is 1. The molecule has 9 heteroatoms. The van der Waals surface area contributed by atoms with Crippen molar-refractivity contribution in [2.75, 3.05) is 7.11 Å². The highest BCUT2D eigenvalue weighted by molar-refractivity contribution is 5.90. The first kappa shape index (κ1) is 19.3. The Morgan fingerprint density at radius 1 is 1.20 bits per heavy atom. The zero-order chi connectivity index (χ0) is 20.8. The lowest BCUT2D eigenvalue weighted by Crippen LogP contribution is -2.21. The van der Waals surface area contributed by atoms with Crippen LogP contribution in [0.4, 0.5) is 0 Å². The Kier molecular flexibility index (Phi) is 5.81. The zero-order valence-corrected chi connectivity index (χ0v) is 16.3. The van der Waals surface area contributed by atoms with E-state index in [0.717, 1.165) is 28.2 Å². The Labute approximate surface area is 172 Å². The monoisotopic (exact) mass is 404 g/mol. The minimum atomic E-state index is -0.393. The Bertz CT molecular complexity index is 1130. The lowest BCUT2D eigenvalue weighted by Gasteiger charge is -2.04. The summed E-state index contributed by atoms with van der Waals surface area (Å²) in [5, 5.41) is 8.09. The van der Waals surface area contributed by atoms with Gasteiger partial charge in [0.25, 0.3) is 5.91 Å². The summed E-state index contributed by atoms with van der Waals surface area (Å²) >= 11 is 0. The molecule has 0 aliphatic heterocycles. The minimum Gasteiger partial charge on any atom is -0.497 e. The molecule has 0 atom stereocenters. The normalized spacial score (nSPS) is 11.2. The number of fused-ring (bicyclic) bond motifs is 1. The van der Waals surface area contributed by atoms with Crippen LogP contribution in [0, 0.1) is 0 Å². The van der Waals surface area contributed by atoms with Crippen molar-refractivity contribution in [3.05, 3.63) is 77.9 Å². The molecular weight excluding hydrogens is 384 g/mol. The maximum Gasteiger partial charge on any atom is 0.267 e. The molecule has 152 valence electrons. The number of benzene rings is 2. The quantitative estimate of drug-likeness (QED) is 0.345. The second-order valence-electron chi connectivity index (χ2n) is 6.48. The van der Waals surface area contributed by atoms with Gasteiger partial charge in [-0.05, 0) is 35.9 Å². The Balaban J connectivity index is 1.26.